The zero-order valence-corrected chi connectivity index (χ0v) is 36.6. The minimum atomic E-state index is -0.439. The van der Waals surface area contributed by atoms with Gasteiger partial charge in [-0.2, -0.15) is 0 Å². The lowest BCUT2D eigenvalue weighted by Crippen LogP contribution is -2.25. The van der Waals surface area contributed by atoms with Crippen molar-refractivity contribution >= 4 is 0 Å². The van der Waals surface area contributed by atoms with Gasteiger partial charge in [0.1, 0.15) is 0 Å². The second-order valence-electron chi connectivity index (χ2n) is 17.6. The minimum absolute atomic E-state index is 0.439. The molecule has 0 amide bonds. The third-order valence-corrected chi connectivity index (χ3v) is 13.9. The highest BCUT2D eigenvalue weighted by Crippen LogP contribution is 2.63. The molecule has 0 unspecified atom stereocenters. The summed E-state index contributed by atoms with van der Waals surface area (Å²) in [4.78, 5) is 10.5. The summed E-state index contributed by atoms with van der Waals surface area (Å²) in [5, 5.41) is 0. The molecule has 1 aromatic heterocycles. The Bertz CT molecular complexity index is 3640. The molecule has 0 radical (unpaired) electrons. The first-order chi connectivity index (χ1) is 33.2. The number of fused-ring (bicyclic) bond motifs is 10. The van der Waals surface area contributed by atoms with E-state index in [0.717, 1.165) is 50.3 Å². The van der Waals surface area contributed by atoms with E-state index in [1.807, 2.05) is 6.07 Å². The molecule has 13 rings (SSSR count). The Balaban J connectivity index is 0.963. The SMILES string of the molecule is c1ccc(-c2cccc(-c3cc(-c4ccccc4)nc(-c4cccc(-c5cccc(-c6cc7c(cc6-c6ccccc6)-c6ccccc6C76c7ccccc7-c7ccccc76)c5)c4)n3)c2)cc1. The van der Waals surface area contributed by atoms with E-state index < -0.39 is 5.41 Å². The predicted octanol–water partition coefficient (Wildman–Crippen LogP) is 16.5. The second-order valence-corrected chi connectivity index (χ2v) is 17.6. The Hall–Kier alpha value is -8.72. The van der Waals surface area contributed by atoms with Crippen LogP contribution >= 0.6 is 0 Å². The van der Waals surface area contributed by atoms with E-state index in [-0.39, 0.29) is 0 Å². The lowest BCUT2D eigenvalue weighted by molar-refractivity contribution is 0.794. The summed E-state index contributed by atoms with van der Waals surface area (Å²) in [6.07, 6.45) is 0. The summed E-state index contributed by atoms with van der Waals surface area (Å²) < 4.78 is 0. The Morgan fingerprint density at radius 3 is 1.19 bits per heavy atom. The van der Waals surface area contributed by atoms with Crippen LogP contribution < -0.4 is 0 Å². The molecule has 1 heterocycles. The molecule has 0 atom stereocenters. The van der Waals surface area contributed by atoms with Crippen molar-refractivity contribution in [2.75, 3.05) is 0 Å². The molecule has 1 spiro atoms. The van der Waals surface area contributed by atoms with E-state index in [4.69, 9.17) is 9.97 Å². The monoisotopic (exact) mass is 850 g/mol. The first kappa shape index (κ1) is 38.7. The summed E-state index contributed by atoms with van der Waals surface area (Å²) >= 11 is 0. The Kier molecular flexibility index (Phi) is 9.11. The molecule has 0 saturated heterocycles. The van der Waals surface area contributed by atoms with Gasteiger partial charge in [-0.3, -0.25) is 0 Å². The van der Waals surface area contributed by atoms with Crippen LogP contribution in [0.5, 0.6) is 0 Å². The van der Waals surface area contributed by atoms with Gasteiger partial charge in [0, 0.05) is 16.7 Å². The number of benzene rings is 10. The molecule has 2 heteroatoms. The first-order valence-corrected chi connectivity index (χ1v) is 23.1. The largest absolute Gasteiger partial charge is 0.228 e. The highest BCUT2D eigenvalue weighted by atomic mass is 14.9. The van der Waals surface area contributed by atoms with E-state index in [1.165, 1.54) is 66.8 Å². The molecule has 2 aliphatic carbocycles. The topological polar surface area (TPSA) is 25.8 Å². The fourth-order valence-electron chi connectivity index (χ4n) is 10.9. The van der Waals surface area contributed by atoms with Crippen molar-refractivity contribution in [2.45, 2.75) is 5.41 Å². The smallest absolute Gasteiger partial charge is 0.160 e. The van der Waals surface area contributed by atoms with Gasteiger partial charge in [-0.1, -0.05) is 218 Å². The maximum Gasteiger partial charge on any atom is 0.160 e. The van der Waals surface area contributed by atoms with Crippen molar-refractivity contribution in [3.63, 3.8) is 0 Å². The maximum absolute atomic E-state index is 5.29. The van der Waals surface area contributed by atoms with E-state index in [2.05, 4.69) is 249 Å². The van der Waals surface area contributed by atoms with E-state index in [1.54, 1.807) is 0 Å². The molecule has 67 heavy (non-hydrogen) atoms. The number of aromatic nitrogens is 2. The van der Waals surface area contributed by atoms with Crippen molar-refractivity contribution in [3.8, 4) is 101 Å². The van der Waals surface area contributed by atoms with Crippen LogP contribution in [0.2, 0.25) is 0 Å². The minimum Gasteiger partial charge on any atom is -0.228 e. The lowest BCUT2D eigenvalue weighted by atomic mass is 9.70. The average Bonchev–Trinajstić information content (AvgIpc) is 3.88. The van der Waals surface area contributed by atoms with Gasteiger partial charge < -0.3 is 0 Å². The van der Waals surface area contributed by atoms with Gasteiger partial charge in [-0.25, -0.2) is 9.97 Å². The Morgan fingerprint density at radius 1 is 0.209 bits per heavy atom. The molecule has 0 saturated carbocycles. The maximum atomic E-state index is 5.29. The van der Waals surface area contributed by atoms with Gasteiger partial charge in [-0.15, -0.1) is 0 Å². The molecular formula is C65H42N2. The van der Waals surface area contributed by atoms with Crippen LogP contribution in [0.15, 0.2) is 255 Å². The summed E-state index contributed by atoms with van der Waals surface area (Å²) in [7, 11) is 0. The molecule has 0 bridgehead atoms. The molecule has 0 fully saturated rings. The molecule has 2 aliphatic rings. The summed E-state index contributed by atoms with van der Waals surface area (Å²) in [6.45, 7) is 0. The van der Waals surface area contributed by atoms with Crippen molar-refractivity contribution in [1.82, 2.24) is 9.97 Å². The normalized spacial score (nSPS) is 12.6. The number of hydrogen-bond donors (Lipinski definition) is 0. The van der Waals surface area contributed by atoms with Crippen LogP contribution in [-0.4, -0.2) is 9.97 Å². The van der Waals surface area contributed by atoms with Crippen molar-refractivity contribution in [3.05, 3.63) is 277 Å². The summed E-state index contributed by atoms with van der Waals surface area (Å²) in [5.41, 5.74) is 24.3. The van der Waals surface area contributed by atoms with Gasteiger partial charge in [0.25, 0.3) is 0 Å². The Morgan fingerprint density at radius 2 is 0.597 bits per heavy atom. The molecule has 312 valence electrons. The van der Waals surface area contributed by atoms with Gasteiger partial charge in [-0.05, 0) is 125 Å². The van der Waals surface area contributed by atoms with E-state index in [9.17, 15) is 0 Å². The molecule has 0 aliphatic heterocycles. The van der Waals surface area contributed by atoms with Gasteiger partial charge in [0.15, 0.2) is 5.82 Å². The van der Waals surface area contributed by atoms with Gasteiger partial charge in [0.05, 0.1) is 16.8 Å². The third-order valence-electron chi connectivity index (χ3n) is 13.9. The molecule has 11 aromatic rings. The highest BCUT2D eigenvalue weighted by molar-refractivity contribution is 5.99. The highest BCUT2D eigenvalue weighted by Gasteiger charge is 2.51. The quantitative estimate of drug-likeness (QED) is 0.160. The van der Waals surface area contributed by atoms with Crippen LogP contribution in [-0.2, 0) is 5.41 Å². The predicted molar refractivity (Wildman–Crippen MR) is 276 cm³/mol. The molecule has 0 N–H and O–H groups in total. The van der Waals surface area contributed by atoms with Crippen LogP contribution in [0.3, 0.4) is 0 Å². The zero-order chi connectivity index (χ0) is 44.3. The molecule has 10 aromatic carbocycles. The standard InChI is InChI=1S/C65H42N2/c1-4-19-43(20-5-1)46-25-17-29-50(38-46)63-42-62(45-23-8-3-9-24-45)66-64(67-63)51-30-18-27-48(39-51)47-26-16-28-49(37-47)56-41-61-57(40-55(56)44-21-6-2-7-22-44)54-33-12-15-36-60(54)65(61)58-34-13-10-31-52(58)53-32-11-14-35-59(53)65/h1-42H. The van der Waals surface area contributed by atoms with Crippen molar-refractivity contribution in [2.24, 2.45) is 0 Å². The third kappa shape index (κ3) is 6.33. The number of nitrogens with zero attached hydrogens (tertiary/aromatic N) is 2. The zero-order valence-electron chi connectivity index (χ0n) is 36.6. The van der Waals surface area contributed by atoms with Crippen molar-refractivity contribution < 1.29 is 0 Å². The number of rotatable bonds is 7. The van der Waals surface area contributed by atoms with E-state index in [0.29, 0.717) is 5.82 Å². The van der Waals surface area contributed by atoms with Crippen LogP contribution in [0.4, 0.5) is 0 Å². The van der Waals surface area contributed by atoms with Gasteiger partial charge >= 0.3 is 0 Å². The fraction of sp³-hybridized carbons (Fsp3) is 0.0154. The number of hydrogen-bond acceptors (Lipinski definition) is 2. The molecule has 2 nitrogen and oxygen atoms in total. The summed E-state index contributed by atoms with van der Waals surface area (Å²) in [5.74, 6) is 0.687. The Labute approximate surface area is 391 Å². The lowest BCUT2D eigenvalue weighted by Gasteiger charge is -2.31. The second kappa shape index (κ2) is 15.8. The van der Waals surface area contributed by atoms with Crippen LogP contribution in [0.1, 0.15) is 22.3 Å². The van der Waals surface area contributed by atoms with Crippen LogP contribution in [0.25, 0.3) is 101 Å². The first-order valence-electron chi connectivity index (χ1n) is 23.1. The van der Waals surface area contributed by atoms with Gasteiger partial charge in [0.2, 0.25) is 0 Å². The van der Waals surface area contributed by atoms with E-state index >= 15 is 0 Å². The molecular weight excluding hydrogens is 809 g/mol. The van der Waals surface area contributed by atoms with Crippen LogP contribution in [0, 0.1) is 0 Å². The fourth-order valence-corrected chi connectivity index (χ4v) is 10.9. The average molecular weight is 851 g/mol. The summed E-state index contributed by atoms with van der Waals surface area (Å²) in [6, 6.07) is 92.4. The van der Waals surface area contributed by atoms with Crippen molar-refractivity contribution in [1.29, 1.82) is 0 Å².